The lowest BCUT2D eigenvalue weighted by molar-refractivity contribution is -0.196. The highest BCUT2D eigenvalue weighted by molar-refractivity contribution is 5.68. The van der Waals surface area contributed by atoms with Crippen LogP contribution in [-0.4, -0.2) is 48.4 Å². The van der Waals surface area contributed by atoms with Crippen molar-refractivity contribution in [2.24, 2.45) is 0 Å². The Hall–Kier alpha value is -2.45. The first kappa shape index (κ1) is 20.3. The van der Waals surface area contributed by atoms with Crippen molar-refractivity contribution < 1.29 is 38.1 Å². The van der Waals surface area contributed by atoms with Crippen LogP contribution in [0.1, 0.15) is 45.5 Å². The lowest BCUT2D eigenvalue weighted by atomic mass is 9.79. The van der Waals surface area contributed by atoms with Crippen LogP contribution in [0.5, 0.6) is 0 Å². The van der Waals surface area contributed by atoms with E-state index in [1.165, 1.54) is 20.8 Å². The number of ether oxygens (including phenoxy) is 5. The maximum Gasteiger partial charge on any atom is 0.303 e. The summed E-state index contributed by atoms with van der Waals surface area (Å²) in [6, 6.07) is 9.38. The third-order valence-corrected chi connectivity index (χ3v) is 4.75. The van der Waals surface area contributed by atoms with Crippen molar-refractivity contribution in [3.05, 3.63) is 35.9 Å². The molecule has 2 fully saturated rings. The van der Waals surface area contributed by atoms with E-state index in [1.54, 1.807) is 0 Å². The van der Waals surface area contributed by atoms with Gasteiger partial charge in [-0.05, 0) is 0 Å². The van der Waals surface area contributed by atoms with Gasteiger partial charge in [-0.3, -0.25) is 14.4 Å². The molecule has 0 amide bonds. The fourth-order valence-electron chi connectivity index (χ4n) is 3.78. The van der Waals surface area contributed by atoms with E-state index < -0.39 is 48.1 Å². The molecule has 28 heavy (non-hydrogen) atoms. The second-order valence-corrected chi connectivity index (χ2v) is 7.13. The van der Waals surface area contributed by atoms with Gasteiger partial charge in [-0.15, -0.1) is 0 Å². The molecule has 0 bridgehead atoms. The molecular weight excluding hydrogens is 368 g/mol. The molecule has 5 atom stereocenters. The average Bonchev–Trinajstić information content (AvgIpc) is 3.04. The summed E-state index contributed by atoms with van der Waals surface area (Å²) in [6.45, 7) is 3.70. The van der Waals surface area contributed by atoms with Crippen LogP contribution in [-0.2, 0) is 38.1 Å². The van der Waals surface area contributed by atoms with E-state index in [-0.39, 0.29) is 19.4 Å². The third-order valence-electron chi connectivity index (χ3n) is 4.75. The molecular formula is C20H24O8. The molecule has 8 heteroatoms. The van der Waals surface area contributed by atoms with Gasteiger partial charge in [0.2, 0.25) is 0 Å². The van der Waals surface area contributed by atoms with E-state index in [0.29, 0.717) is 0 Å². The van der Waals surface area contributed by atoms with E-state index in [1.807, 2.05) is 30.3 Å². The second kappa shape index (κ2) is 8.28. The van der Waals surface area contributed by atoms with E-state index in [4.69, 9.17) is 23.7 Å². The smallest absolute Gasteiger partial charge is 0.303 e. The van der Waals surface area contributed by atoms with Crippen LogP contribution in [0.25, 0.3) is 0 Å². The van der Waals surface area contributed by atoms with Crippen LogP contribution in [0, 0.1) is 0 Å². The van der Waals surface area contributed by atoms with Crippen molar-refractivity contribution in [3.8, 4) is 0 Å². The Morgan fingerprint density at radius 2 is 1.71 bits per heavy atom. The zero-order valence-corrected chi connectivity index (χ0v) is 16.1. The number of rotatable bonds is 5. The second-order valence-electron chi connectivity index (χ2n) is 7.13. The van der Waals surface area contributed by atoms with Gasteiger partial charge in [0.25, 0.3) is 0 Å². The predicted molar refractivity (Wildman–Crippen MR) is 94.8 cm³/mol. The van der Waals surface area contributed by atoms with Crippen molar-refractivity contribution in [1.29, 1.82) is 0 Å². The normalized spacial score (nSPS) is 31.5. The SMILES string of the molecule is CC(=O)OC[C@@]1(OC(C)=O)C[C@@H](OC(C)=O)[C@@H]2OC(c3ccccc3)O[C@@H]2C1. The molecule has 0 radical (unpaired) electrons. The maximum absolute atomic E-state index is 11.7. The third kappa shape index (κ3) is 4.69. The van der Waals surface area contributed by atoms with Crippen LogP contribution in [0.15, 0.2) is 30.3 Å². The minimum atomic E-state index is -1.16. The lowest BCUT2D eigenvalue weighted by Crippen LogP contribution is -2.56. The van der Waals surface area contributed by atoms with Gasteiger partial charge < -0.3 is 23.7 Å². The molecule has 1 aromatic carbocycles. The summed E-state index contributed by atoms with van der Waals surface area (Å²) in [7, 11) is 0. The summed E-state index contributed by atoms with van der Waals surface area (Å²) in [6.07, 6.45) is -1.96. The van der Waals surface area contributed by atoms with Gasteiger partial charge in [-0.2, -0.15) is 0 Å². The number of benzene rings is 1. The van der Waals surface area contributed by atoms with Gasteiger partial charge in [-0.25, -0.2) is 0 Å². The van der Waals surface area contributed by atoms with Crippen molar-refractivity contribution in [3.63, 3.8) is 0 Å². The Labute approximate surface area is 163 Å². The van der Waals surface area contributed by atoms with Crippen molar-refractivity contribution in [2.45, 2.75) is 63.8 Å². The van der Waals surface area contributed by atoms with Crippen molar-refractivity contribution in [1.82, 2.24) is 0 Å². The van der Waals surface area contributed by atoms with Crippen molar-refractivity contribution in [2.75, 3.05) is 6.61 Å². The Bertz CT molecular complexity index is 733. The Kier molecular flexibility index (Phi) is 6.00. The molecule has 0 N–H and O–H groups in total. The van der Waals surface area contributed by atoms with Gasteiger partial charge in [0, 0.05) is 39.2 Å². The summed E-state index contributed by atoms with van der Waals surface area (Å²) >= 11 is 0. The maximum atomic E-state index is 11.7. The molecule has 1 unspecified atom stereocenters. The number of hydrogen-bond acceptors (Lipinski definition) is 8. The predicted octanol–water partition coefficient (Wildman–Crippen LogP) is 2.06. The molecule has 1 saturated carbocycles. The summed E-state index contributed by atoms with van der Waals surface area (Å²) in [5.74, 6) is -1.50. The molecule has 1 aliphatic heterocycles. The molecule has 1 aliphatic carbocycles. The van der Waals surface area contributed by atoms with Crippen molar-refractivity contribution >= 4 is 17.9 Å². The standard InChI is InChI=1S/C20H24O8/c1-12(21)24-11-20(28-14(3)23)9-16(25-13(2)22)18-17(10-20)26-19(27-18)15-7-5-4-6-8-15/h4-8,16-19H,9-11H2,1-3H3/t16-,17-,18+,19?,20-/m1/s1. The van der Waals surface area contributed by atoms with Crippen LogP contribution in [0.3, 0.4) is 0 Å². The minimum absolute atomic E-state index is 0.144. The fraction of sp³-hybridized carbons (Fsp3) is 0.550. The monoisotopic (exact) mass is 392 g/mol. The molecule has 152 valence electrons. The van der Waals surface area contributed by atoms with E-state index in [2.05, 4.69) is 0 Å². The van der Waals surface area contributed by atoms with Crippen LogP contribution < -0.4 is 0 Å². The summed E-state index contributed by atoms with van der Waals surface area (Å²) in [5, 5.41) is 0. The van der Waals surface area contributed by atoms with Gasteiger partial charge in [0.15, 0.2) is 11.9 Å². The highest BCUT2D eigenvalue weighted by atomic mass is 16.7. The lowest BCUT2D eigenvalue weighted by Gasteiger charge is -2.43. The molecule has 2 aliphatic rings. The van der Waals surface area contributed by atoms with Gasteiger partial charge in [-0.1, -0.05) is 30.3 Å². The van der Waals surface area contributed by atoms with E-state index in [0.717, 1.165) is 5.56 Å². The Morgan fingerprint density at radius 3 is 2.32 bits per heavy atom. The molecule has 1 saturated heterocycles. The highest BCUT2D eigenvalue weighted by Gasteiger charge is 2.55. The number of esters is 3. The highest BCUT2D eigenvalue weighted by Crippen LogP contribution is 2.44. The van der Waals surface area contributed by atoms with E-state index >= 15 is 0 Å². The number of carbonyl (C=O) groups is 3. The first-order valence-electron chi connectivity index (χ1n) is 9.14. The summed E-state index contributed by atoms with van der Waals surface area (Å²) in [5.41, 5.74) is -0.329. The molecule has 1 heterocycles. The fourth-order valence-corrected chi connectivity index (χ4v) is 3.78. The number of hydrogen-bond donors (Lipinski definition) is 0. The number of fused-ring (bicyclic) bond motifs is 1. The first-order chi connectivity index (χ1) is 13.3. The van der Waals surface area contributed by atoms with Gasteiger partial charge in [0.1, 0.15) is 18.8 Å². The van der Waals surface area contributed by atoms with Gasteiger partial charge >= 0.3 is 17.9 Å². The first-order valence-corrected chi connectivity index (χ1v) is 9.14. The van der Waals surface area contributed by atoms with Crippen LogP contribution in [0.2, 0.25) is 0 Å². The largest absolute Gasteiger partial charge is 0.462 e. The summed E-state index contributed by atoms with van der Waals surface area (Å²) < 4.78 is 28.3. The molecule has 3 rings (SSSR count). The molecule has 1 aromatic rings. The van der Waals surface area contributed by atoms with Gasteiger partial charge in [0.05, 0.1) is 6.10 Å². The minimum Gasteiger partial charge on any atom is -0.462 e. The molecule has 0 spiro atoms. The van der Waals surface area contributed by atoms with Crippen LogP contribution >= 0.6 is 0 Å². The number of carbonyl (C=O) groups excluding carboxylic acids is 3. The zero-order valence-electron chi connectivity index (χ0n) is 16.1. The Balaban J connectivity index is 1.86. The average molecular weight is 392 g/mol. The molecule has 0 aromatic heterocycles. The van der Waals surface area contributed by atoms with E-state index in [9.17, 15) is 14.4 Å². The molecule has 8 nitrogen and oxygen atoms in total. The van der Waals surface area contributed by atoms with Crippen LogP contribution in [0.4, 0.5) is 0 Å². The topological polar surface area (TPSA) is 97.4 Å². The summed E-state index contributed by atoms with van der Waals surface area (Å²) in [4.78, 5) is 34.7. The Morgan fingerprint density at radius 1 is 1.00 bits per heavy atom. The quantitative estimate of drug-likeness (QED) is 0.555. The zero-order chi connectivity index (χ0) is 20.3.